The first-order valence-corrected chi connectivity index (χ1v) is 13.5. The molecule has 2 N–H and O–H groups in total. The Morgan fingerprint density at radius 2 is 1.60 bits per heavy atom. The van der Waals surface area contributed by atoms with E-state index in [1.807, 2.05) is 67.7 Å². The molecule has 0 bridgehead atoms. The Morgan fingerprint density at radius 1 is 0.925 bits per heavy atom. The first-order valence-electron chi connectivity index (χ1n) is 12.6. The van der Waals surface area contributed by atoms with Crippen LogP contribution in [0.3, 0.4) is 0 Å². The minimum atomic E-state index is -0.837. The Morgan fingerprint density at radius 3 is 2.30 bits per heavy atom. The van der Waals surface area contributed by atoms with Crippen LogP contribution in [-0.2, 0) is 16.1 Å². The van der Waals surface area contributed by atoms with Crippen molar-refractivity contribution < 1.29 is 14.3 Å². The average molecular weight is 553 g/mol. The van der Waals surface area contributed by atoms with Crippen molar-refractivity contribution in [2.45, 2.75) is 12.6 Å². The number of thiophene rings is 1. The average Bonchev–Trinajstić information content (AvgIpc) is 3.40. The van der Waals surface area contributed by atoms with Gasteiger partial charge in [-0.3, -0.25) is 20.0 Å². The Balaban J connectivity index is 1.19. The number of rotatable bonds is 9. The molecule has 0 spiro atoms. The van der Waals surface area contributed by atoms with Crippen molar-refractivity contribution in [2.24, 2.45) is 10.3 Å². The minimum absolute atomic E-state index is 0.325. The van der Waals surface area contributed by atoms with Crippen LogP contribution in [0.4, 0.5) is 17.1 Å². The van der Waals surface area contributed by atoms with E-state index in [1.54, 1.807) is 41.9 Å². The summed E-state index contributed by atoms with van der Waals surface area (Å²) >= 11 is 1.41. The van der Waals surface area contributed by atoms with Crippen molar-refractivity contribution in [3.05, 3.63) is 111 Å². The number of anilines is 2. The molecule has 2 heterocycles. The number of benzene rings is 3. The summed E-state index contributed by atoms with van der Waals surface area (Å²) in [6.45, 7) is 0.716. The van der Waals surface area contributed by atoms with Crippen LogP contribution in [0.2, 0.25) is 0 Å². The molecule has 3 aromatic carbocycles. The van der Waals surface area contributed by atoms with E-state index in [4.69, 9.17) is 4.74 Å². The third-order valence-corrected chi connectivity index (χ3v) is 7.21. The maximum atomic E-state index is 12.8. The van der Waals surface area contributed by atoms with Crippen LogP contribution in [0.5, 0.6) is 0 Å². The molecule has 1 aromatic heterocycles. The topological polar surface area (TPSA) is 98.6 Å². The molecule has 0 saturated heterocycles. The van der Waals surface area contributed by atoms with E-state index >= 15 is 0 Å². The number of para-hydroxylation sites is 2. The molecule has 1 atom stereocenters. The second-order valence-electron chi connectivity index (χ2n) is 9.14. The number of fused-ring (bicyclic) bond motifs is 1. The molecule has 1 aliphatic rings. The molecule has 202 valence electrons. The fourth-order valence-electron chi connectivity index (χ4n) is 4.11. The van der Waals surface area contributed by atoms with Gasteiger partial charge < -0.3 is 9.64 Å². The maximum absolute atomic E-state index is 12.8. The predicted octanol–water partition coefficient (Wildman–Crippen LogP) is 3.90. The fourth-order valence-corrected chi connectivity index (χ4v) is 4.94. The highest BCUT2D eigenvalue weighted by molar-refractivity contribution is 7.08. The molecular weight excluding hydrogens is 524 g/mol. The van der Waals surface area contributed by atoms with Crippen molar-refractivity contribution in [1.82, 2.24) is 10.9 Å². The van der Waals surface area contributed by atoms with Gasteiger partial charge >= 0.3 is 0 Å². The number of nitrogens with zero attached hydrogens (tertiary/aromatic N) is 4. The van der Waals surface area contributed by atoms with Crippen molar-refractivity contribution in [2.75, 3.05) is 24.0 Å². The zero-order valence-corrected chi connectivity index (χ0v) is 22.8. The Bertz CT molecular complexity index is 1620. The van der Waals surface area contributed by atoms with Crippen molar-refractivity contribution in [3.63, 3.8) is 0 Å². The molecule has 0 radical (unpaired) electrons. The number of hydrogen-bond donors (Lipinski definition) is 2. The summed E-state index contributed by atoms with van der Waals surface area (Å²) in [5, 5.41) is 12.2. The molecule has 0 fully saturated rings. The Kier molecular flexibility index (Phi) is 8.17. The van der Waals surface area contributed by atoms with Crippen LogP contribution in [0.25, 0.3) is 12.3 Å². The lowest BCUT2D eigenvalue weighted by Crippen LogP contribution is -2.46. The summed E-state index contributed by atoms with van der Waals surface area (Å²) in [7, 11) is 3.79. The number of amides is 2. The van der Waals surface area contributed by atoms with Crippen LogP contribution in [0.15, 0.2) is 101 Å². The Hall–Kier alpha value is -4.96. The van der Waals surface area contributed by atoms with E-state index in [1.165, 1.54) is 11.3 Å². The van der Waals surface area contributed by atoms with Crippen molar-refractivity contribution in [1.29, 1.82) is 0 Å². The van der Waals surface area contributed by atoms with Gasteiger partial charge in [-0.2, -0.15) is 0 Å². The largest absolute Gasteiger partial charge is 0.482 e. The number of carbonyl (C=O) groups is 2. The highest BCUT2D eigenvalue weighted by Crippen LogP contribution is 2.16. The standard InChI is InChI=1S/C30H28N6O3S/c1-35(23-9-5-3-6-10-23)18-21-13-15-22(16-14-21)29(37)32-34-31-26-20-40-28-19-39-27(17-25(26)28)30(38)33-36(2)24-11-7-4-8-12-24/h3-17,19-20,27H,18H2,1-2H3,(H,33,38)(H,31,32,37). The van der Waals surface area contributed by atoms with Gasteiger partial charge in [-0.05, 0) is 48.0 Å². The second kappa shape index (κ2) is 12.3. The van der Waals surface area contributed by atoms with Gasteiger partial charge in [0.25, 0.3) is 11.8 Å². The van der Waals surface area contributed by atoms with Gasteiger partial charge in [0.05, 0.1) is 10.2 Å². The summed E-state index contributed by atoms with van der Waals surface area (Å²) in [4.78, 5) is 27.6. The van der Waals surface area contributed by atoms with Crippen LogP contribution < -0.4 is 30.5 Å². The van der Waals surface area contributed by atoms with E-state index in [0.29, 0.717) is 17.8 Å². The van der Waals surface area contributed by atoms with E-state index in [9.17, 15) is 9.59 Å². The van der Waals surface area contributed by atoms with Crippen molar-refractivity contribution in [3.8, 4) is 0 Å². The number of nitrogens with one attached hydrogen (secondary N) is 2. The van der Waals surface area contributed by atoms with Gasteiger partial charge in [0.15, 0.2) is 6.10 Å². The third-order valence-electron chi connectivity index (χ3n) is 6.30. The molecule has 2 amide bonds. The fraction of sp³-hybridized carbons (Fsp3) is 0.133. The summed E-state index contributed by atoms with van der Waals surface area (Å²) in [5.74, 6) is -0.690. The molecule has 9 nitrogen and oxygen atoms in total. The van der Waals surface area contributed by atoms with Crippen LogP contribution >= 0.6 is 11.3 Å². The van der Waals surface area contributed by atoms with Gasteiger partial charge in [0.1, 0.15) is 11.9 Å². The van der Waals surface area contributed by atoms with Gasteiger partial charge in [-0.15, -0.1) is 16.5 Å². The number of hydrogen-bond acceptors (Lipinski definition) is 8. The summed E-state index contributed by atoms with van der Waals surface area (Å²) < 4.78 is 6.44. The molecule has 1 aliphatic heterocycles. The van der Waals surface area contributed by atoms with Gasteiger partial charge in [-0.1, -0.05) is 53.8 Å². The number of carbonyl (C=O) groups excluding carboxylic acids is 2. The highest BCUT2D eigenvalue weighted by atomic mass is 32.1. The first-order chi connectivity index (χ1) is 19.5. The lowest BCUT2D eigenvalue weighted by Gasteiger charge is -2.23. The van der Waals surface area contributed by atoms with Crippen molar-refractivity contribution >= 4 is 52.6 Å². The SMILES string of the molecule is CN(Cc1ccc(C(=O)NN=Nc2csc3c2=CC(C(=O)NN(C)c2ccccc2)OC=3)cc1)c1ccccc1. The van der Waals surface area contributed by atoms with E-state index in [-0.39, 0.29) is 11.8 Å². The second-order valence-corrected chi connectivity index (χ2v) is 10.1. The van der Waals surface area contributed by atoms with Gasteiger partial charge in [0.2, 0.25) is 0 Å². The smallest absolute Gasteiger partial charge is 0.283 e. The molecule has 0 saturated carbocycles. The van der Waals surface area contributed by atoms with E-state index < -0.39 is 6.10 Å². The molecule has 10 heteroatoms. The predicted molar refractivity (Wildman–Crippen MR) is 157 cm³/mol. The normalized spacial score (nSPS) is 13.8. The van der Waals surface area contributed by atoms with Crippen LogP contribution in [-0.4, -0.2) is 32.0 Å². The summed E-state index contributed by atoms with van der Waals surface area (Å²) in [5.41, 5.74) is 9.35. The van der Waals surface area contributed by atoms with Crippen LogP contribution in [0, 0.1) is 0 Å². The first kappa shape index (κ1) is 26.6. The monoisotopic (exact) mass is 552 g/mol. The van der Waals surface area contributed by atoms with Gasteiger partial charge in [0, 0.05) is 42.5 Å². The summed E-state index contributed by atoms with van der Waals surface area (Å²) in [6, 6.07) is 27.0. The molecule has 40 heavy (non-hydrogen) atoms. The number of hydrazine groups is 1. The molecule has 5 rings (SSSR count). The maximum Gasteiger partial charge on any atom is 0.283 e. The molecule has 1 unspecified atom stereocenters. The quantitative estimate of drug-likeness (QED) is 0.243. The number of ether oxygens (including phenoxy) is 1. The van der Waals surface area contributed by atoms with E-state index in [0.717, 1.165) is 26.7 Å². The molecule has 0 aliphatic carbocycles. The van der Waals surface area contributed by atoms with Crippen LogP contribution in [0.1, 0.15) is 15.9 Å². The lowest BCUT2D eigenvalue weighted by molar-refractivity contribution is -0.126. The third kappa shape index (κ3) is 6.36. The Labute approximate surface area is 235 Å². The zero-order valence-electron chi connectivity index (χ0n) is 22.0. The highest BCUT2D eigenvalue weighted by Gasteiger charge is 2.21. The molecule has 4 aromatic rings. The van der Waals surface area contributed by atoms with Gasteiger partial charge in [-0.25, -0.2) is 5.43 Å². The zero-order chi connectivity index (χ0) is 27.9. The summed E-state index contributed by atoms with van der Waals surface area (Å²) in [6.07, 6.45) is 2.40. The molecular formula is C30H28N6O3S. The van der Waals surface area contributed by atoms with E-state index in [2.05, 4.69) is 38.2 Å². The minimum Gasteiger partial charge on any atom is -0.482 e. The lowest BCUT2D eigenvalue weighted by atomic mass is 10.1.